The molecule has 1 heterocycles. The minimum absolute atomic E-state index is 0.111. The van der Waals surface area contributed by atoms with Crippen LogP contribution in [0, 0.1) is 15.9 Å². The van der Waals surface area contributed by atoms with Gasteiger partial charge < -0.3 is 10.4 Å². The highest BCUT2D eigenvalue weighted by Crippen LogP contribution is 2.27. The minimum Gasteiger partial charge on any atom is -0.395 e. The number of nitro benzene ring substituents is 1. The van der Waals surface area contributed by atoms with Gasteiger partial charge in [-0.2, -0.15) is 0 Å². The summed E-state index contributed by atoms with van der Waals surface area (Å²) in [6.45, 7) is -0.569. The van der Waals surface area contributed by atoms with E-state index in [9.17, 15) is 24.1 Å². The summed E-state index contributed by atoms with van der Waals surface area (Å²) in [6, 6.07) is 2.79. The van der Waals surface area contributed by atoms with Crippen LogP contribution in [-0.4, -0.2) is 39.9 Å². The number of rotatable bonds is 5. The fourth-order valence-electron chi connectivity index (χ4n) is 1.82. The van der Waals surface area contributed by atoms with Crippen molar-refractivity contribution in [1.82, 2.24) is 4.90 Å². The summed E-state index contributed by atoms with van der Waals surface area (Å²) in [7, 11) is 0. The molecule has 0 bridgehead atoms. The Morgan fingerprint density at radius 2 is 2.10 bits per heavy atom. The van der Waals surface area contributed by atoms with Crippen LogP contribution in [0.4, 0.5) is 15.8 Å². The third-order valence-electron chi connectivity index (χ3n) is 2.76. The van der Waals surface area contributed by atoms with Crippen LogP contribution >= 0.6 is 0 Å². The number of carbonyl (C=O) groups excluding carboxylic acids is 2. The zero-order valence-corrected chi connectivity index (χ0v) is 10.6. The molecule has 2 rings (SSSR count). The molecule has 0 aliphatic carbocycles. The Labute approximate surface area is 117 Å². The van der Waals surface area contributed by atoms with Crippen molar-refractivity contribution in [3.63, 3.8) is 0 Å². The predicted molar refractivity (Wildman–Crippen MR) is 68.6 cm³/mol. The number of amides is 2. The molecule has 21 heavy (non-hydrogen) atoms. The first-order chi connectivity index (χ1) is 9.93. The van der Waals surface area contributed by atoms with Crippen LogP contribution in [-0.2, 0) is 9.59 Å². The third-order valence-corrected chi connectivity index (χ3v) is 2.76. The number of anilines is 1. The molecule has 2 amide bonds. The molecule has 0 fully saturated rings. The van der Waals surface area contributed by atoms with E-state index in [1.165, 1.54) is 0 Å². The number of hydrogen-bond acceptors (Lipinski definition) is 6. The average Bonchev–Trinajstić information content (AvgIpc) is 2.68. The van der Waals surface area contributed by atoms with Crippen LogP contribution in [0.1, 0.15) is 0 Å². The second-order valence-corrected chi connectivity index (χ2v) is 4.12. The van der Waals surface area contributed by atoms with Crippen LogP contribution < -0.4 is 5.32 Å². The fourth-order valence-corrected chi connectivity index (χ4v) is 1.82. The molecule has 1 aromatic carbocycles. The predicted octanol–water partition coefficient (Wildman–Crippen LogP) is 0.391. The largest absolute Gasteiger partial charge is 0.395 e. The number of benzene rings is 1. The number of nitrogens with zero attached hydrogens (tertiary/aromatic N) is 2. The highest BCUT2D eigenvalue weighted by Gasteiger charge is 2.31. The summed E-state index contributed by atoms with van der Waals surface area (Å²) >= 11 is 0. The van der Waals surface area contributed by atoms with Gasteiger partial charge in [0.25, 0.3) is 17.5 Å². The zero-order valence-electron chi connectivity index (χ0n) is 10.6. The average molecular weight is 295 g/mol. The SMILES string of the molecule is O=C1C=C(Nc2ccc(F)cc2[N+](=O)[O-])C(=O)N1CCO. The number of nitrogens with one attached hydrogen (secondary N) is 1. The molecule has 2 N–H and O–H groups in total. The molecule has 0 saturated carbocycles. The second-order valence-electron chi connectivity index (χ2n) is 4.12. The zero-order chi connectivity index (χ0) is 15.6. The summed E-state index contributed by atoms with van der Waals surface area (Å²) < 4.78 is 13.0. The van der Waals surface area contributed by atoms with E-state index >= 15 is 0 Å². The molecule has 0 spiro atoms. The Kier molecular flexibility index (Phi) is 3.94. The number of aliphatic hydroxyl groups excluding tert-OH is 1. The number of carbonyl (C=O) groups is 2. The number of hydrogen-bond donors (Lipinski definition) is 2. The molecule has 1 aliphatic rings. The van der Waals surface area contributed by atoms with E-state index in [4.69, 9.17) is 5.11 Å². The minimum atomic E-state index is -0.807. The van der Waals surface area contributed by atoms with E-state index in [1.54, 1.807) is 0 Å². The van der Waals surface area contributed by atoms with Gasteiger partial charge in [0, 0.05) is 6.08 Å². The summed E-state index contributed by atoms with van der Waals surface area (Å²) in [5.74, 6) is -2.15. The number of β-amino-alcohol motifs (C(OH)–C–C–N with tert-alkyl or cyclic N) is 1. The second kappa shape index (κ2) is 5.67. The van der Waals surface area contributed by atoms with Crippen molar-refractivity contribution in [3.05, 3.63) is 45.9 Å². The molecule has 0 unspecified atom stereocenters. The van der Waals surface area contributed by atoms with Crippen LogP contribution in [0.2, 0.25) is 0 Å². The number of aliphatic hydroxyl groups is 1. The van der Waals surface area contributed by atoms with Gasteiger partial charge in [0.2, 0.25) is 0 Å². The first kappa shape index (κ1) is 14.6. The highest BCUT2D eigenvalue weighted by atomic mass is 19.1. The van der Waals surface area contributed by atoms with Crippen molar-refractivity contribution in [1.29, 1.82) is 0 Å². The van der Waals surface area contributed by atoms with Crippen molar-refractivity contribution < 1.29 is 24.0 Å². The molecular formula is C12H10FN3O5. The molecule has 0 saturated heterocycles. The molecule has 1 aliphatic heterocycles. The third kappa shape index (κ3) is 2.87. The maximum Gasteiger partial charge on any atom is 0.295 e. The van der Waals surface area contributed by atoms with Crippen LogP contribution in [0.15, 0.2) is 30.0 Å². The Balaban J connectivity index is 2.28. The Hall–Kier alpha value is -2.81. The lowest BCUT2D eigenvalue weighted by atomic mass is 10.2. The van der Waals surface area contributed by atoms with Crippen molar-refractivity contribution in [3.8, 4) is 0 Å². The Morgan fingerprint density at radius 1 is 1.38 bits per heavy atom. The first-order valence-electron chi connectivity index (χ1n) is 5.83. The summed E-state index contributed by atoms with van der Waals surface area (Å²) in [5, 5.41) is 22.1. The number of imide groups is 1. The molecule has 0 aromatic heterocycles. The van der Waals surface area contributed by atoms with Crippen molar-refractivity contribution in [2.75, 3.05) is 18.5 Å². The number of halogens is 1. The monoisotopic (exact) mass is 295 g/mol. The van der Waals surface area contributed by atoms with Gasteiger partial charge in [-0.1, -0.05) is 0 Å². The van der Waals surface area contributed by atoms with E-state index in [-0.39, 0.29) is 17.9 Å². The molecule has 110 valence electrons. The van der Waals surface area contributed by atoms with E-state index in [1.807, 2.05) is 0 Å². The van der Waals surface area contributed by atoms with Gasteiger partial charge in [-0.05, 0) is 12.1 Å². The molecule has 9 heteroatoms. The normalized spacial score (nSPS) is 14.4. The standard InChI is InChI=1S/C12H10FN3O5/c13-7-1-2-8(10(5-7)16(20)21)14-9-6-11(18)15(3-4-17)12(9)19/h1-2,5-6,14,17H,3-4H2. The van der Waals surface area contributed by atoms with E-state index < -0.39 is 34.8 Å². The summed E-state index contributed by atoms with van der Waals surface area (Å²) in [6.07, 6.45) is 0.963. The Bertz CT molecular complexity index is 658. The Morgan fingerprint density at radius 3 is 2.71 bits per heavy atom. The molecule has 1 aromatic rings. The van der Waals surface area contributed by atoms with Gasteiger partial charge in [0.05, 0.1) is 24.1 Å². The van der Waals surface area contributed by atoms with Gasteiger partial charge in [0.1, 0.15) is 17.2 Å². The van der Waals surface area contributed by atoms with Crippen LogP contribution in [0.3, 0.4) is 0 Å². The number of nitro groups is 1. The first-order valence-corrected chi connectivity index (χ1v) is 5.83. The molecule has 0 atom stereocenters. The van der Waals surface area contributed by atoms with Crippen LogP contribution in [0.25, 0.3) is 0 Å². The summed E-state index contributed by atoms with van der Waals surface area (Å²) in [4.78, 5) is 34.2. The van der Waals surface area contributed by atoms with Crippen LogP contribution in [0.5, 0.6) is 0 Å². The van der Waals surface area contributed by atoms with Crippen molar-refractivity contribution in [2.24, 2.45) is 0 Å². The lowest BCUT2D eigenvalue weighted by Crippen LogP contribution is -2.34. The van der Waals surface area contributed by atoms with E-state index in [2.05, 4.69) is 5.32 Å². The highest BCUT2D eigenvalue weighted by molar-refractivity contribution is 6.17. The quantitative estimate of drug-likeness (QED) is 0.461. The summed E-state index contributed by atoms with van der Waals surface area (Å²) in [5.41, 5.74) is -0.848. The molecule has 8 nitrogen and oxygen atoms in total. The van der Waals surface area contributed by atoms with E-state index in [0.29, 0.717) is 6.07 Å². The van der Waals surface area contributed by atoms with Crippen molar-refractivity contribution in [2.45, 2.75) is 0 Å². The maximum atomic E-state index is 13.0. The lowest BCUT2D eigenvalue weighted by Gasteiger charge is -2.13. The van der Waals surface area contributed by atoms with Gasteiger partial charge in [-0.3, -0.25) is 24.6 Å². The lowest BCUT2D eigenvalue weighted by molar-refractivity contribution is -0.384. The fraction of sp³-hybridized carbons (Fsp3) is 0.167. The van der Waals surface area contributed by atoms with Gasteiger partial charge in [-0.15, -0.1) is 0 Å². The topological polar surface area (TPSA) is 113 Å². The van der Waals surface area contributed by atoms with Crippen molar-refractivity contribution >= 4 is 23.2 Å². The van der Waals surface area contributed by atoms with Gasteiger partial charge >= 0.3 is 0 Å². The molecule has 0 radical (unpaired) electrons. The van der Waals surface area contributed by atoms with Gasteiger partial charge in [-0.25, -0.2) is 4.39 Å². The van der Waals surface area contributed by atoms with Gasteiger partial charge in [0.15, 0.2) is 0 Å². The maximum absolute atomic E-state index is 13.0. The van der Waals surface area contributed by atoms with E-state index in [0.717, 1.165) is 23.1 Å². The molecular weight excluding hydrogens is 285 g/mol. The smallest absolute Gasteiger partial charge is 0.295 e.